The summed E-state index contributed by atoms with van der Waals surface area (Å²) in [5.41, 5.74) is 1.58. The minimum atomic E-state index is -0.390. The first-order valence-corrected chi connectivity index (χ1v) is 7.71. The number of fused-ring (bicyclic) bond motifs is 1. The molecular weight excluding hydrogens is 276 g/mol. The molecule has 106 valence electrons. The van der Waals surface area contributed by atoms with Crippen LogP contribution in [0.1, 0.15) is 19.3 Å². The number of nitro groups is 1. The van der Waals surface area contributed by atoms with E-state index in [2.05, 4.69) is 15.3 Å². The molecule has 3 rings (SSSR count). The number of benzene rings is 1. The number of non-ortho nitro benzene ring substituents is 1. The van der Waals surface area contributed by atoms with E-state index >= 15 is 0 Å². The van der Waals surface area contributed by atoms with Crippen molar-refractivity contribution in [2.24, 2.45) is 0 Å². The van der Waals surface area contributed by atoms with Crippen molar-refractivity contribution < 1.29 is 4.92 Å². The third-order valence-corrected chi connectivity index (χ3v) is 4.52. The number of nitrogens with zero attached hydrogens (tertiary/aromatic N) is 2. The molecule has 2 heterocycles. The Balaban J connectivity index is 1.70. The van der Waals surface area contributed by atoms with E-state index in [9.17, 15) is 10.1 Å². The number of aromatic nitrogens is 2. The number of H-pyrrole nitrogens is 1. The molecule has 1 aromatic carbocycles. The van der Waals surface area contributed by atoms with Crippen LogP contribution in [-0.2, 0) is 0 Å². The van der Waals surface area contributed by atoms with Crippen LogP contribution in [-0.4, -0.2) is 33.2 Å². The quantitative estimate of drug-likeness (QED) is 0.514. The summed E-state index contributed by atoms with van der Waals surface area (Å²) in [5.74, 6) is 0.974. The van der Waals surface area contributed by atoms with Crippen LogP contribution < -0.4 is 5.32 Å². The molecule has 1 aliphatic heterocycles. The topological polar surface area (TPSA) is 83.8 Å². The minimum Gasteiger partial charge on any atom is -0.333 e. The Bertz CT molecular complexity index is 622. The molecule has 0 spiro atoms. The lowest BCUT2D eigenvalue weighted by atomic mass is 10.1. The summed E-state index contributed by atoms with van der Waals surface area (Å²) in [5, 5.41) is 15.1. The number of nitro benzene ring substituents is 1. The van der Waals surface area contributed by atoms with Crippen molar-refractivity contribution in [2.45, 2.75) is 30.5 Å². The lowest BCUT2D eigenvalue weighted by molar-refractivity contribution is -0.384. The molecule has 0 radical (unpaired) electrons. The predicted octanol–water partition coefficient (Wildman–Crippen LogP) is 2.71. The van der Waals surface area contributed by atoms with Crippen LogP contribution in [0.15, 0.2) is 23.4 Å². The van der Waals surface area contributed by atoms with Gasteiger partial charge in [-0.05, 0) is 25.5 Å². The molecule has 20 heavy (non-hydrogen) atoms. The molecule has 1 aliphatic rings. The van der Waals surface area contributed by atoms with Gasteiger partial charge < -0.3 is 10.3 Å². The molecular formula is C13H16N4O2S. The van der Waals surface area contributed by atoms with Gasteiger partial charge in [0.25, 0.3) is 5.69 Å². The molecule has 1 aromatic heterocycles. The first-order chi connectivity index (χ1) is 9.72. The minimum absolute atomic E-state index is 0.0895. The third-order valence-electron chi connectivity index (χ3n) is 3.49. The zero-order valence-corrected chi connectivity index (χ0v) is 11.8. The molecule has 0 unspecified atom stereocenters. The average Bonchev–Trinajstić information content (AvgIpc) is 2.88. The van der Waals surface area contributed by atoms with E-state index in [1.54, 1.807) is 17.8 Å². The van der Waals surface area contributed by atoms with Crippen LogP contribution >= 0.6 is 11.8 Å². The molecule has 0 aliphatic carbocycles. The number of aromatic amines is 1. The fourth-order valence-electron chi connectivity index (χ4n) is 2.40. The molecule has 0 amide bonds. The van der Waals surface area contributed by atoms with Gasteiger partial charge in [-0.2, -0.15) is 0 Å². The summed E-state index contributed by atoms with van der Waals surface area (Å²) in [4.78, 5) is 18.0. The second-order valence-electron chi connectivity index (χ2n) is 4.96. The summed E-state index contributed by atoms with van der Waals surface area (Å²) < 4.78 is 0. The number of hydrogen-bond acceptors (Lipinski definition) is 5. The van der Waals surface area contributed by atoms with Crippen LogP contribution in [0, 0.1) is 10.1 Å². The van der Waals surface area contributed by atoms with Gasteiger partial charge in [0.1, 0.15) is 0 Å². The standard InChI is InChI=1S/C13H16N4O2S/c18-17(19)10-4-5-11-12(7-10)16-13(15-11)20-8-9-3-1-2-6-14-9/h4-5,7,9,14H,1-3,6,8H2,(H,15,16)/t9-/m1/s1. The molecule has 1 saturated heterocycles. The highest BCUT2D eigenvalue weighted by atomic mass is 32.2. The summed E-state index contributed by atoms with van der Waals surface area (Å²) in [6, 6.07) is 5.25. The third kappa shape index (κ3) is 2.94. The zero-order valence-electron chi connectivity index (χ0n) is 11.0. The summed E-state index contributed by atoms with van der Waals surface area (Å²) in [6.45, 7) is 1.09. The molecule has 1 fully saturated rings. The SMILES string of the molecule is O=[N+]([O-])c1ccc2nc(SC[C@H]3CCCCN3)[nH]c2c1. The molecule has 2 aromatic rings. The van der Waals surface area contributed by atoms with E-state index in [4.69, 9.17) is 0 Å². The molecule has 0 bridgehead atoms. The fourth-order valence-corrected chi connectivity index (χ4v) is 3.39. The smallest absolute Gasteiger partial charge is 0.271 e. The second-order valence-corrected chi connectivity index (χ2v) is 5.97. The van der Waals surface area contributed by atoms with Gasteiger partial charge in [0, 0.05) is 23.9 Å². The predicted molar refractivity (Wildman–Crippen MR) is 79.1 cm³/mol. The highest BCUT2D eigenvalue weighted by Crippen LogP contribution is 2.24. The van der Waals surface area contributed by atoms with E-state index in [-0.39, 0.29) is 10.6 Å². The van der Waals surface area contributed by atoms with Gasteiger partial charge in [0.15, 0.2) is 5.16 Å². The summed E-state index contributed by atoms with van der Waals surface area (Å²) in [7, 11) is 0. The summed E-state index contributed by atoms with van der Waals surface area (Å²) >= 11 is 1.67. The molecule has 7 heteroatoms. The van der Waals surface area contributed by atoms with Crippen LogP contribution in [0.3, 0.4) is 0 Å². The van der Waals surface area contributed by atoms with Crippen molar-refractivity contribution in [1.29, 1.82) is 0 Å². The van der Waals surface area contributed by atoms with E-state index in [1.807, 2.05) is 0 Å². The lowest BCUT2D eigenvalue weighted by Gasteiger charge is -2.22. The monoisotopic (exact) mass is 292 g/mol. The van der Waals surface area contributed by atoms with Gasteiger partial charge in [-0.1, -0.05) is 18.2 Å². The Labute approximate surface area is 120 Å². The molecule has 1 atom stereocenters. The Morgan fingerprint density at radius 1 is 1.45 bits per heavy atom. The van der Waals surface area contributed by atoms with Gasteiger partial charge in [-0.15, -0.1) is 0 Å². The van der Waals surface area contributed by atoms with E-state index in [0.717, 1.165) is 28.5 Å². The second kappa shape index (κ2) is 5.80. The van der Waals surface area contributed by atoms with Crippen LogP contribution in [0.4, 0.5) is 5.69 Å². The largest absolute Gasteiger partial charge is 0.333 e. The average molecular weight is 292 g/mol. The van der Waals surface area contributed by atoms with Crippen molar-refractivity contribution in [3.63, 3.8) is 0 Å². The number of imidazole rings is 1. The number of hydrogen-bond donors (Lipinski definition) is 2. The maximum Gasteiger partial charge on any atom is 0.271 e. The Kier molecular flexibility index (Phi) is 3.88. The zero-order chi connectivity index (χ0) is 13.9. The normalized spacial score (nSPS) is 19.3. The van der Waals surface area contributed by atoms with Crippen LogP contribution in [0.5, 0.6) is 0 Å². The maximum absolute atomic E-state index is 10.7. The van der Waals surface area contributed by atoms with E-state index in [0.29, 0.717) is 6.04 Å². The van der Waals surface area contributed by atoms with Gasteiger partial charge in [-0.25, -0.2) is 4.98 Å². The van der Waals surface area contributed by atoms with Crippen molar-refractivity contribution >= 4 is 28.5 Å². The van der Waals surface area contributed by atoms with Crippen molar-refractivity contribution in [1.82, 2.24) is 15.3 Å². The first-order valence-electron chi connectivity index (χ1n) is 6.73. The van der Waals surface area contributed by atoms with E-state index in [1.165, 1.54) is 31.4 Å². The number of nitrogens with one attached hydrogen (secondary N) is 2. The van der Waals surface area contributed by atoms with Crippen molar-refractivity contribution in [2.75, 3.05) is 12.3 Å². The number of rotatable bonds is 4. The lowest BCUT2D eigenvalue weighted by Crippen LogP contribution is -2.35. The highest BCUT2D eigenvalue weighted by molar-refractivity contribution is 7.99. The van der Waals surface area contributed by atoms with Gasteiger partial charge >= 0.3 is 0 Å². The number of thioether (sulfide) groups is 1. The highest BCUT2D eigenvalue weighted by Gasteiger charge is 2.14. The molecule has 0 saturated carbocycles. The van der Waals surface area contributed by atoms with Crippen LogP contribution in [0.25, 0.3) is 11.0 Å². The van der Waals surface area contributed by atoms with Gasteiger partial charge in [-0.3, -0.25) is 10.1 Å². The fraction of sp³-hybridized carbons (Fsp3) is 0.462. The first kappa shape index (κ1) is 13.4. The van der Waals surface area contributed by atoms with Gasteiger partial charge in [0.05, 0.1) is 16.0 Å². The maximum atomic E-state index is 10.7. The van der Waals surface area contributed by atoms with Crippen LogP contribution in [0.2, 0.25) is 0 Å². The summed E-state index contributed by atoms with van der Waals surface area (Å²) in [6.07, 6.45) is 3.75. The van der Waals surface area contributed by atoms with Gasteiger partial charge in [0.2, 0.25) is 0 Å². The Hall–Kier alpha value is -1.60. The Morgan fingerprint density at radius 3 is 3.10 bits per heavy atom. The Morgan fingerprint density at radius 2 is 2.35 bits per heavy atom. The molecule has 2 N–H and O–H groups in total. The number of piperidine rings is 1. The van der Waals surface area contributed by atoms with Crippen molar-refractivity contribution in [3.05, 3.63) is 28.3 Å². The molecule has 6 nitrogen and oxygen atoms in total. The van der Waals surface area contributed by atoms with E-state index < -0.39 is 0 Å². The van der Waals surface area contributed by atoms with Crippen molar-refractivity contribution in [3.8, 4) is 0 Å².